The van der Waals surface area contributed by atoms with E-state index in [-0.39, 0.29) is 11.6 Å². The number of ether oxygens (including phenoxy) is 1. The van der Waals surface area contributed by atoms with E-state index in [4.69, 9.17) is 4.74 Å². The number of carbonyl (C=O) groups is 1. The van der Waals surface area contributed by atoms with Crippen molar-refractivity contribution in [3.8, 4) is 0 Å². The van der Waals surface area contributed by atoms with Crippen molar-refractivity contribution in [2.45, 2.75) is 70.4 Å². The van der Waals surface area contributed by atoms with Crippen LogP contribution in [0.4, 0.5) is 4.79 Å². The average molecular weight is 396 g/mol. The van der Waals surface area contributed by atoms with Gasteiger partial charge >= 0.3 is 6.09 Å². The van der Waals surface area contributed by atoms with Gasteiger partial charge in [0.2, 0.25) is 0 Å². The van der Waals surface area contributed by atoms with E-state index in [2.05, 4.69) is 40.2 Å². The molecule has 1 fully saturated rings. The molecule has 24 heavy (non-hydrogen) atoms. The molecule has 3 nitrogen and oxygen atoms in total. The molecule has 1 amide bonds. The van der Waals surface area contributed by atoms with Crippen molar-refractivity contribution >= 4 is 22.0 Å². The van der Waals surface area contributed by atoms with E-state index in [0.29, 0.717) is 0 Å². The molecule has 134 valence electrons. The number of benzene rings is 1. The molecule has 4 heteroatoms. The van der Waals surface area contributed by atoms with Crippen LogP contribution in [-0.2, 0) is 10.3 Å². The standard InChI is InChI=1S/C20H30BrNO2/c1-19(2,3)24-18(23)22-16-9-5-8-13-20(22,14-10-15-21)17-11-6-4-7-12-17/h4,6-7,11-12H,5,8-10,13-16H2,1-3H3. The lowest BCUT2D eigenvalue weighted by Crippen LogP contribution is -2.51. The van der Waals surface area contributed by atoms with Gasteiger partial charge in [-0.3, -0.25) is 4.90 Å². The minimum absolute atomic E-state index is 0.178. The Labute approximate surface area is 154 Å². The zero-order chi connectivity index (χ0) is 17.6. The number of amides is 1. The molecule has 1 aliphatic heterocycles. The quantitative estimate of drug-likeness (QED) is 0.596. The summed E-state index contributed by atoms with van der Waals surface area (Å²) in [6.45, 7) is 6.58. The second-order valence-electron chi connectivity index (χ2n) is 7.63. The summed E-state index contributed by atoms with van der Waals surface area (Å²) in [6.07, 6.45) is 6.18. The summed E-state index contributed by atoms with van der Waals surface area (Å²) in [5, 5.41) is 0.948. The lowest BCUT2D eigenvalue weighted by Gasteiger charge is -2.44. The summed E-state index contributed by atoms with van der Waals surface area (Å²) in [5.74, 6) is 0. The number of hydrogen-bond acceptors (Lipinski definition) is 2. The molecule has 2 rings (SSSR count). The van der Waals surface area contributed by atoms with Gasteiger partial charge in [0.05, 0.1) is 5.54 Å². The topological polar surface area (TPSA) is 29.5 Å². The number of carbonyl (C=O) groups excluding carboxylic acids is 1. The largest absolute Gasteiger partial charge is 0.444 e. The number of nitrogens with zero attached hydrogens (tertiary/aromatic N) is 1. The van der Waals surface area contributed by atoms with Crippen LogP contribution in [0.5, 0.6) is 0 Å². The summed E-state index contributed by atoms with van der Waals surface area (Å²) in [4.78, 5) is 15.0. The predicted molar refractivity (Wildman–Crippen MR) is 103 cm³/mol. The third-order valence-corrected chi connectivity index (χ3v) is 5.20. The Morgan fingerprint density at radius 2 is 1.92 bits per heavy atom. The molecular formula is C20H30BrNO2. The molecule has 1 aliphatic rings. The minimum Gasteiger partial charge on any atom is -0.444 e. The summed E-state index contributed by atoms with van der Waals surface area (Å²) >= 11 is 3.56. The zero-order valence-electron chi connectivity index (χ0n) is 15.2. The molecular weight excluding hydrogens is 366 g/mol. The van der Waals surface area contributed by atoms with Gasteiger partial charge < -0.3 is 4.74 Å². The Morgan fingerprint density at radius 1 is 1.21 bits per heavy atom. The second-order valence-corrected chi connectivity index (χ2v) is 8.43. The number of likely N-dealkylation sites (tertiary alicyclic amines) is 1. The Kier molecular flexibility index (Phi) is 6.73. The van der Waals surface area contributed by atoms with E-state index in [1.807, 2.05) is 31.7 Å². The van der Waals surface area contributed by atoms with Crippen LogP contribution in [0, 0.1) is 0 Å². The zero-order valence-corrected chi connectivity index (χ0v) is 16.8. The van der Waals surface area contributed by atoms with Crippen LogP contribution < -0.4 is 0 Å². The number of halogens is 1. The van der Waals surface area contributed by atoms with Crippen LogP contribution in [-0.4, -0.2) is 28.5 Å². The highest BCUT2D eigenvalue weighted by atomic mass is 79.9. The molecule has 1 heterocycles. The Bertz CT molecular complexity index is 526. The summed E-state index contributed by atoms with van der Waals surface area (Å²) < 4.78 is 5.76. The Hall–Kier alpha value is -1.03. The van der Waals surface area contributed by atoms with Crippen LogP contribution in [0.15, 0.2) is 30.3 Å². The molecule has 0 aliphatic carbocycles. The maximum Gasteiger partial charge on any atom is 0.411 e. The van der Waals surface area contributed by atoms with Crippen molar-refractivity contribution in [2.75, 3.05) is 11.9 Å². The van der Waals surface area contributed by atoms with Crippen molar-refractivity contribution in [3.05, 3.63) is 35.9 Å². The molecule has 0 aromatic heterocycles. The van der Waals surface area contributed by atoms with Crippen LogP contribution >= 0.6 is 15.9 Å². The van der Waals surface area contributed by atoms with Crippen molar-refractivity contribution in [1.29, 1.82) is 0 Å². The van der Waals surface area contributed by atoms with E-state index >= 15 is 0 Å². The lowest BCUT2D eigenvalue weighted by molar-refractivity contribution is -0.00733. The molecule has 1 aromatic rings. The van der Waals surface area contributed by atoms with Gasteiger partial charge in [0.15, 0.2) is 0 Å². The fourth-order valence-corrected chi connectivity index (χ4v) is 3.89. The number of rotatable bonds is 4. The molecule has 0 N–H and O–H groups in total. The van der Waals surface area contributed by atoms with Crippen molar-refractivity contribution in [3.63, 3.8) is 0 Å². The Balaban J connectivity index is 2.42. The third kappa shape index (κ3) is 4.75. The SMILES string of the molecule is CC(C)(C)OC(=O)N1CCCCCC1(CCCBr)c1ccccc1. The minimum atomic E-state index is -0.471. The lowest BCUT2D eigenvalue weighted by atomic mass is 9.80. The number of hydrogen-bond donors (Lipinski definition) is 0. The first-order chi connectivity index (χ1) is 11.4. The van der Waals surface area contributed by atoms with E-state index in [1.165, 1.54) is 12.0 Å². The second kappa shape index (κ2) is 8.37. The van der Waals surface area contributed by atoms with Crippen molar-refractivity contribution in [1.82, 2.24) is 4.90 Å². The maximum absolute atomic E-state index is 13.0. The Morgan fingerprint density at radius 3 is 2.54 bits per heavy atom. The summed E-state index contributed by atoms with van der Waals surface area (Å²) in [5.41, 5.74) is 0.508. The van der Waals surface area contributed by atoms with Crippen LogP contribution in [0.2, 0.25) is 0 Å². The van der Waals surface area contributed by atoms with Crippen molar-refractivity contribution in [2.24, 2.45) is 0 Å². The van der Waals surface area contributed by atoms with Crippen molar-refractivity contribution < 1.29 is 9.53 Å². The fraction of sp³-hybridized carbons (Fsp3) is 0.650. The van der Waals surface area contributed by atoms with E-state index in [0.717, 1.165) is 44.0 Å². The van der Waals surface area contributed by atoms with E-state index in [9.17, 15) is 4.79 Å². The van der Waals surface area contributed by atoms with E-state index in [1.54, 1.807) is 0 Å². The highest BCUT2D eigenvalue weighted by Gasteiger charge is 2.43. The molecule has 1 unspecified atom stereocenters. The van der Waals surface area contributed by atoms with Gasteiger partial charge in [0.1, 0.15) is 5.60 Å². The van der Waals surface area contributed by atoms with Gasteiger partial charge in [-0.2, -0.15) is 0 Å². The van der Waals surface area contributed by atoms with Gasteiger partial charge in [-0.05, 0) is 52.0 Å². The highest BCUT2D eigenvalue weighted by Crippen LogP contribution is 2.41. The highest BCUT2D eigenvalue weighted by molar-refractivity contribution is 9.09. The predicted octanol–water partition coefficient (Wildman–Crippen LogP) is 5.87. The summed E-state index contributed by atoms with van der Waals surface area (Å²) in [7, 11) is 0. The van der Waals surface area contributed by atoms with Crippen LogP contribution in [0.25, 0.3) is 0 Å². The first-order valence-corrected chi connectivity index (χ1v) is 10.1. The molecule has 0 saturated carbocycles. The fourth-order valence-electron chi connectivity index (χ4n) is 3.61. The monoisotopic (exact) mass is 395 g/mol. The number of alkyl halides is 1. The van der Waals surface area contributed by atoms with Gasteiger partial charge in [-0.1, -0.05) is 59.1 Å². The van der Waals surface area contributed by atoms with Gasteiger partial charge in [0, 0.05) is 11.9 Å². The molecule has 0 bridgehead atoms. The molecule has 1 aromatic carbocycles. The maximum atomic E-state index is 13.0. The van der Waals surface area contributed by atoms with E-state index < -0.39 is 5.60 Å². The van der Waals surface area contributed by atoms with Gasteiger partial charge in [0.25, 0.3) is 0 Å². The first kappa shape index (κ1) is 19.3. The third-order valence-electron chi connectivity index (χ3n) is 4.64. The first-order valence-electron chi connectivity index (χ1n) is 9.01. The van der Waals surface area contributed by atoms with Gasteiger partial charge in [-0.25, -0.2) is 4.79 Å². The molecule has 1 atom stereocenters. The smallest absolute Gasteiger partial charge is 0.411 e. The van der Waals surface area contributed by atoms with Crippen LogP contribution in [0.1, 0.15) is 64.9 Å². The van der Waals surface area contributed by atoms with Gasteiger partial charge in [-0.15, -0.1) is 0 Å². The molecule has 0 spiro atoms. The summed E-state index contributed by atoms with van der Waals surface area (Å²) in [6, 6.07) is 10.5. The normalized spacial score (nSPS) is 22.1. The average Bonchev–Trinajstić information content (AvgIpc) is 2.75. The molecule has 1 saturated heterocycles. The molecule has 0 radical (unpaired) electrons. The van der Waals surface area contributed by atoms with Crippen LogP contribution in [0.3, 0.4) is 0 Å².